The van der Waals surface area contributed by atoms with Gasteiger partial charge in [-0.3, -0.25) is 0 Å². The third kappa shape index (κ3) is 4.32. The summed E-state index contributed by atoms with van der Waals surface area (Å²) in [4.78, 5) is 0. The molecular formula is C10I17O. The molecule has 0 aromatic carbocycles. The SMILES string of the molecule is [O]C1(I)C(I)(I)C(I)(I)C(I)(I)C2(I)C(I)(I)C(I)(I)C(I)(I)C(I)(I)C12I. The van der Waals surface area contributed by atoms with Crippen LogP contribution >= 0.6 is 384 Å². The summed E-state index contributed by atoms with van der Waals surface area (Å²) in [6, 6.07) is 0. The van der Waals surface area contributed by atoms with E-state index in [4.69, 9.17) is 0 Å². The van der Waals surface area contributed by atoms with E-state index in [0.29, 0.717) is 0 Å². The third-order valence-electron chi connectivity index (χ3n) is 4.59. The van der Waals surface area contributed by atoms with Crippen LogP contribution in [-0.4, -0.2) is 20.5 Å². The molecular weight excluding hydrogens is 2290 g/mol. The van der Waals surface area contributed by atoms with Crippen LogP contribution in [0.5, 0.6) is 0 Å². The summed E-state index contributed by atoms with van der Waals surface area (Å²) in [5.41, 5.74) is 0. The van der Waals surface area contributed by atoms with E-state index in [1.807, 2.05) is 0 Å². The molecule has 1 radical (unpaired) electrons. The average Bonchev–Trinajstić information content (AvgIpc) is 2.49. The Kier molecular flexibility index (Phi) is 14.5. The van der Waals surface area contributed by atoms with Gasteiger partial charge in [0.15, 0.2) is 3.61 Å². The maximum atomic E-state index is 15.1. The molecule has 0 amide bonds. The first kappa shape index (κ1) is 36.6. The van der Waals surface area contributed by atoms with Crippen LogP contribution in [0.2, 0.25) is 0 Å². The smallest absolute Gasteiger partial charge is 0.197 e. The Morgan fingerprint density at radius 1 is 0.286 bits per heavy atom. The Hall–Kier alpha value is 12.4. The number of rotatable bonds is 0. The van der Waals surface area contributed by atoms with Gasteiger partial charge in [0.2, 0.25) is 0 Å². The van der Waals surface area contributed by atoms with Crippen LogP contribution in [-0.2, 0) is 5.11 Å². The van der Waals surface area contributed by atoms with Crippen molar-refractivity contribution in [2.75, 3.05) is 0 Å². The van der Waals surface area contributed by atoms with Crippen molar-refractivity contribution in [3.63, 3.8) is 0 Å². The molecule has 0 saturated heterocycles. The van der Waals surface area contributed by atoms with Gasteiger partial charge in [0, 0.05) is 0 Å². The van der Waals surface area contributed by atoms with E-state index < -0.39 is 8.46 Å². The Morgan fingerprint density at radius 2 is 0.500 bits per heavy atom. The molecule has 2 aliphatic carbocycles. The van der Waals surface area contributed by atoms with Crippen molar-refractivity contribution in [2.24, 2.45) is 0 Å². The number of fused-ring (bicyclic) bond motifs is 1. The monoisotopic (exact) mass is 2290 g/mol. The topological polar surface area (TPSA) is 19.9 Å². The Labute approximate surface area is 396 Å². The van der Waals surface area contributed by atoms with Gasteiger partial charge >= 0.3 is 0 Å². The lowest BCUT2D eigenvalue weighted by atomic mass is 9.68. The van der Waals surface area contributed by atoms with Gasteiger partial charge in [0.25, 0.3) is 0 Å². The molecule has 0 aromatic rings. The van der Waals surface area contributed by atoms with Gasteiger partial charge in [-0.15, -0.1) is 0 Å². The minimum atomic E-state index is -1.22. The maximum Gasteiger partial charge on any atom is 0.197 e. The Balaban J connectivity index is 3.23. The van der Waals surface area contributed by atoms with Crippen molar-refractivity contribution < 1.29 is 5.11 Å². The van der Waals surface area contributed by atoms with Crippen molar-refractivity contribution in [1.29, 1.82) is 0 Å². The molecule has 0 N–H and O–H groups in total. The number of hydrogen-bond acceptors (Lipinski definition) is 0. The summed E-state index contributed by atoms with van der Waals surface area (Å²) < 4.78 is -3.89. The second kappa shape index (κ2) is 11.1. The zero-order valence-corrected chi connectivity index (χ0v) is 48.5. The van der Waals surface area contributed by atoms with Crippen molar-refractivity contribution in [3.05, 3.63) is 0 Å². The first-order chi connectivity index (χ1) is 11.8. The standard InChI is InChI=1S/C10I17O/c11-1-2(12,5(17,18)7(21,22)6(19,20)3(1,13)14)10(27,28)9(25,26)8(23,24)4(1,15)16. The highest BCUT2D eigenvalue weighted by molar-refractivity contribution is 14.2. The highest BCUT2D eigenvalue weighted by atomic mass is 127. The van der Waals surface area contributed by atoms with Gasteiger partial charge in [-0.05, 0) is 22.6 Å². The van der Waals surface area contributed by atoms with E-state index in [1.165, 1.54) is 0 Å². The first-order valence-electron chi connectivity index (χ1n) is 6.17. The van der Waals surface area contributed by atoms with E-state index in [0.717, 1.165) is 0 Å². The Morgan fingerprint density at radius 3 is 0.786 bits per heavy atom. The predicted molar refractivity (Wildman–Crippen MR) is 266 cm³/mol. The van der Waals surface area contributed by atoms with Crippen LogP contribution in [0.15, 0.2) is 0 Å². The summed E-state index contributed by atoms with van der Waals surface area (Å²) in [6.45, 7) is 0. The highest BCUT2D eigenvalue weighted by Crippen LogP contribution is 2.92. The van der Waals surface area contributed by atoms with Crippen LogP contribution < -0.4 is 0 Å². The van der Waals surface area contributed by atoms with Gasteiger partial charge in [0.1, 0.15) is 13.4 Å². The van der Waals surface area contributed by atoms with Crippen molar-refractivity contribution in [2.45, 2.75) is 20.5 Å². The van der Waals surface area contributed by atoms with Gasteiger partial charge in [-0.25, -0.2) is 5.11 Å². The van der Waals surface area contributed by atoms with E-state index in [9.17, 15) is 0 Å². The average molecular weight is 2290 g/mol. The number of alkyl halides is 17. The third-order valence-corrected chi connectivity index (χ3v) is 64.5. The van der Waals surface area contributed by atoms with Gasteiger partial charge in [0.05, 0.1) is 3.42 Å². The quantitative estimate of drug-likeness (QED) is 0.170. The largest absolute Gasteiger partial charge is 0.214 e. The van der Waals surface area contributed by atoms with Crippen LogP contribution in [0, 0.1) is 0 Å². The maximum absolute atomic E-state index is 15.1. The van der Waals surface area contributed by atoms with Crippen molar-refractivity contribution in [1.82, 2.24) is 0 Å². The summed E-state index contributed by atoms with van der Waals surface area (Å²) in [6.07, 6.45) is 0. The minimum Gasteiger partial charge on any atom is -0.214 e. The number of hydrogen-bond donors (Lipinski definition) is 0. The molecule has 3 unspecified atom stereocenters. The molecule has 2 aliphatic rings. The van der Waals surface area contributed by atoms with Crippen LogP contribution in [0.25, 0.3) is 0 Å². The lowest BCUT2D eigenvalue weighted by molar-refractivity contribution is 0.00648. The van der Waals surface area contributed by atoms with Crippen molar-refractivity contribution >= 4 is 384 Å². The molecule has 0 heterocycles. The van der Waals surface area contributed by atoms with Gasteiger partial charge in [-0.1, -0.05) is 361 Å². The molecule has 2 rings (SSSR count). The zero-order valence-electron chi connectivity index (χ0n) is 11.8. The number of halogens is 17. The molecule has 2 fully saturated rings. The van der Waals surface area contributed by atoms with E-state index in [2.05, 4.69) is 384 Å². The summed E-state index contributed by atoms with van der Waals surface area (Å²) >= 11 is 44.3. The molecule has 2 saturated carbocycles. The lowest BCUT2D eigenvalue weighted by Gasteiger charge is -2.78. The molecule has 0 bridgehead atoms. The summed E-state index contributed by atoms with van der Waals surface area (Å²) in [7, 11) is 0. The van der Waals surface area contributed by atoms with Gasteiger partial charge < -0.3 is 0 Å². The summed E-state index contributed by atoms with van der Waals surface area (Å²) in [5, 5.41) is 15.1. The molecule has 165 valence electrons. The fraction of sp³-hybridized carbons (Fsp3) is 1.00. The second-order valence-corrected chi connectivity index (χ2v) is 47.8. The van der Waals surface area contributed by atoms with E-state index in [1.54, 1.807) is 0 Å². The van der Waals surface area contributed by atoms with E-state index in [-0.39, 0.29) is 12.0 Å². The van der Waals surface area contributed by atoms with Crippen LogP contribution in [0.3, 0.4) is 0 Å². The van der Waals surface area contributed by atoms with E-state index >= 15 is 5.11 Å². The first-order valence-corrected chi connectivity index (χ1v) is 24.5. The molecule has 28 heavy (non-hydrogen) atoms. The lowest BCUT2D eigenvalue weighted by Crippen LogP contribution is -2.94. The van der Waals surface area contributed by atoms with Crippen LogP contribution in [0.4, 0.5) is 0 Å². The molecule has 0 aliphatic heterocycles. The second-order valence-electron chi connectivity index (χ2n) is 5.93. The molecule has 1 nitrogen and oxygen atoms in total. The molecule has 3 atom stereocenters. The van der Waals surface area contributed by atoms with Gasteiger partial charge in [-0.2, -0.15) is 0 Å². The fourth-order valence-corrected chi connectivity index (χ4v) is 39.1. The zero-order chi connectivity index (χ0) is 23.0. The molecule has 0 aromatic heterocycles. The minimum absolute atomic E-state index is 0.107. The highest BCUT2D eigenvalue weighted by Gasteiger charge is 2.98. The van der Waals surface area contributed by atoms with Crippen molar-refractivity contribution in [3.8, 4) is 0 Å². The van der Waals surface area contributed by atoms with Crippen LogP contribution in [0.1, 0.15) is 0 Å². The fourth-order valence-electron chi connectivity index (χ4n) is 2.93. The molecule has 0 spiro atoms. The Bertz CT molecular complexity index is 593. The summed E-state index contributed by atoms with van der Waals surface area (Å²) in [5.74, 6) is 0. The normalized spacial score (nSPS) is 46.5. The predicted octanol–water partition coefficient (Wildman–Crippen LogP) is 12.9. The molecule has 18 heteroatoms.